The molecule has 0 saturated heterocycles. The summed E-state index contributed by atoms with van der Waals surface area (Å²) >= 11 is 6.35. The van der Waals surface area contributed by atoms with Gasteiger partial charge in [0.15, 0.2) is 12.4 Å². The van der Waals surface area contributed by atoms with Crippen LogP contribution in [0.1, 0.15) is 20.7 Å². The number of non-ortho nitro benzene ring substituents is 1. The van der Waals surface area contributed by atoms with Crippen molar-refractivity contribution in [2.45, 2.75) is 0 Å². The van der Waals surface area contributed by atoms with Crippen LogP contribution in [0.25, 0.3) is 22.2 Å². The van der Waals surface area contributed by atoms with E-state index >= 15 is 0 Å². The average molecular weight is 477 g/mol. The van der Waals surface area contributed by atoms with Crippen LogP contribution in [0, 0.1) is 10.1 Å². The smallest absolute Gasteiger partial charge is 0.339 e. The van der Waals surface area contributed by atoms with Gasteiger partial charge in [-0.05, 0) is 48.5 Å². The van der Waals surface area contributed by atoms with Crippen LogP contribution < -0.4 is 4.74 Å². The molecule has 0 aliphatic rings. The molecule has 8 nitrogen and oxygen atoms in total. The number of carbonyl (C=O) groups is 2. The summed E-state index contributed by atoms with van der Waals surface area (Å²) in [5.41, 5.74) is 1.91. The fourth-order valence-electron chi connectivity index (χ4n) is 3.35. The van der Waals surface area contributed by atoms with Crippen molar-refractivity contribution in [3.8, 4) is 17.0 Å². The first-order chi connectivity index (χ1) is 16.4. The summed E-state index contributed by atoms with van der Waals surface area (Å²) in [6.07, 6.45) is 0. The maximum atomic E-state index is 13.0. The van der Waals surface area contributed by atoms with Gasteiger partial charge >= 0.3 is 5.97 Å². The molecule has 1 aromatic heterocycles. The number of Topliss-reactive ketones (excluding diaryl/α,β-unsaturated/α-hetero) is 1. The van der Waals surface area contributed by atoms with Crippen LogP contribution in [0.4, 0.5) is 5.69 Å². The Morgan fingerprint density at radius 3 is 2.38 bits per heavy atom. The lowest BCUT2D eigenvalue weighted by molar-refractivity contribution is -0.384. The van der Waals surface area contributed by atoms with E-state index in [-0.39, 0.29) is 16.8 Å². The second kappa shape index (κ2) is 9.68. The first-order valence-corrected chi connectivity index (χ1v) is 10.4. The molecule has 0 bridgehead atoms. The molecule has 0 spiro atoms. The van der Waals surface area contributed by atoms with Crippen molar-refractivity contribution in [2.24, 2.45) is 0 Å². The molecule has 4 rings (SSSR count). The number of esters is 1. The zero-order chi connectivity index (χ0) is 24.2. The van der Waals surface area contributed by atoms with E-state index < -0.39 is 23.3 Å². The number of nitro groups is 1. The van der Waals surface area contributed by atoms with Crippen molar-refractivity contribution in [2.75, 3.05) is 13.7 Å². The number of para-hydroxylation sites is 1. The minimum atomic E-state index is -0.723. The van der Waals surface area contributed by atoms with Gasteiger partial charge in [-0.2, -0.15) is 0 Å². The molecule has 3 aromatic carbocycles. The summed E-state index contributed by atoms with van der Waals surface area (Å²) in [5, 5.41) is 11.6. The van der Waals surface area contributed by atoms with Gasteiger partial charge in [0, 0.05) is 28.6 Å². The summed E-state index contributed by atoms with van der Waals surface area (Å²) in [6, 6.07) is 18.9. The number of carbonyl (C=O) groups excluding carboxylic acids is 2. The summed E-state index contributed by atoms with van der Waals surface area (Å²) < 4.78 is 10.5. The van der Waals surface area contributed by atoms with Crippen molar-refractivity contribution in [1.82, 2.24) is 4.98 Å². The van der Waals surface area contributed by atoms with Crippen LogP contribution in [0.15, 0.2) is 72.8 Å². The van der Waals surface area contributed by atoms with Crippen LogP contribution in [-0.2, 0) is 4.74 Å². The molecule has 0 atom stereocenters. The van der Waals surface area contributed by atoms with Crippen molar-refractivity contribution in [1.29, 1.82) is 0 Å². The standard InChI is InChI=1S/C25H17ClN2O6/c1-33-18-11-7-15(8-12-18)22-13-20(19-3-2-4-21(26)24(19)27-22)25(30)34-14-23(29)16-5-9-17(10-6-16)28(31)32/h2-13H,14H2,1H3. The SMILES string of the molecule is COc1ccc(-c2cc(C(=O)OCC(=O)c3ccc([N+](=O)[O-])cc3)c3cccc(Cl)c3n2)cc1. The molecule has 1 heterocycles. The third-order valence-corrected chi connectivity index (χ3v) is 5.44. The van der Waals surface area contributed by atoms with Gasteiger partial charge in [-0.1, -0.05) is 23.7 Å². The quantitative estimate of drug-likeness (QED) is 0.150. The van der Waals surface area contributed by atoms with Crippen LogP contribution in [0.5, 0.6) is 5.75 Å². The molecular formula is C25H17ClN2O6. The van der Waals surface area contributed by atoms with Crippen LogP contribution in [-0.4, -0.2) is 35.4 Å². The van der Waals surface area contributed by atoms with E-state index in [0.717, 1.165) is 5.56 Å². The third-order valence-electron chi connectivity index (χ3n) is 5.13. The van der Waals surface area contributed by atoms with E-state index in [9.17, 15) is 19.7 Å². The highest BCUT2D eigenvalue weighted by Crippen LogP contribution is 2.30. The van der Waals surface area contributed by atoms with Gasteiger partial charge in [0.2, 0.25) is 0 Å². The van der Waals surface area contributed by atoms with Crippen LogP contribution >= 0.6 is 11.6 Å². The highest BCUT2D eigenvalue weighted by molar-refractivity contribution is 6.35. The van der Waals surface area contributed by atoms with Gasteiger partial charge < -0.3 is 9.47 Å². The van der Waals surface area contributed by atoms with E-state index in [4.69, 9.17) is 21.1 Å². The van der Waals surface area contributed by atoms with Crippen molar-refractivity contribution >= 4 is 39.9 Å². The second-order valence-electron chi connectivity index (χ2n) is 7.22. The molecule has 34 heavy (non-hydrogen) atoms. The minimum Gasteiger partial charge on any atom is -0.497 e. The molecule has 0 aliphatic heterocycles. The molecule has 0 fully saturated rings. The first-order valence-electron chi connectivity index (χ1n) is 10.1. The Morgan fingerprint density at radius 1 is 1.03 bits per heavy atom. The number of ketones is 1. The van der Waals surface area contributed by atoms with Gasteiger partial charge in [-0.25, -0.2) is 9.78 Å². The Labute approximate surface area is 198 Å². The summed E-state index contributed by atoms with van der Waals surface area (Å²) in [7, 11) is 1.56. The van der Waals surface area contributed by atoms with E-state index in [1.165, 1.54) is 24.3 Å². The van der Waals surface area contributed by atoms with E-state index in [1.54, 1.807) is 55.6 Å². The number of rotatable bonds is 7. The molecule has 0 unspecified atom stereocenters. The van der Waals surface area contributed by atoms with Crippen LogP contribution in [0.3, 0.4) is 0 Å². The molecule has 4 aromatic rings. The lowest BCUT2D eigenvalue weighted by Gasteiger charge is -2.11. The Kier molecular flexibility index (Phi) is 6.51. The summed E-state index contributed by atoms with van der Waals surface area (Å²) in [5.74, 6) is -0.540. The molecule has 0 amide bonds. The number of pyridine rings is 1. The lowest BCUT2D eigenvalue weighted by atomic mass is 10.0. The Morgan fingerprint density at radius 2 is 1.74 bits per heavy atom. The third kappa shape index (κ3) is 4.72. The number of halogens is 1. The number of ether oxygens (including phenoxy) is 2. The van der Waals surface area contributed by atoms with Crippen molar-refractivity contribution in [3.05, 3.63) is 99.1 Å². The number of fused-ring (bicyclic) bond motifs is 1. The normalized spacial score (nSPS) is 10.6. The number of aromatic nitrogens is 1. The lowest BCUT2D eigenvalue weighted by Crippen LogP contribution is -2.15. The monoisotopic (exact) mass is 476 g/mol. The van der Waals surface area contributed by atoms with Crippen molar-refractivity contribution in [3.63, 3.8) is 0 Å². The van der Waals surface area contributed by atoms with E-state index in [2.05, 4.69) is 4.98 Å². The van der Waals surface area contributed by atoms with E-state index in [1.807, 2.05) is 0 Å². The topological polar surface area (TPSA) is 109 Å². The molecule has 0 saturated carbocycles. The first kappa shape index (κ1) is 22.9. The summed E-state index contributed by atoms with van der Waals surface area (Å²) in [6.45, 7) is -0.529. The van der Waals surface area contributed by atoms with E-state index in [0.29, 0.717) is 27.4 Å². The highest BCUT2D eigenvalue weighted by atomic mass is 35.5. The van der Waals surface area contributed by atoms with Gasteiger partial charge in [-0.15, -0.1) is 0 Å². The Balaban J connectivity index is 1.62. The van der Waals surface area contributed by atoms with Gasteiger partial charge in [-0.3, -0.25) is 14.9 Å². The fraction of sp³-hybridized carbons (Fsp3) is 0.0800. The zero-order valence-electron chi connectivity index (χ0n) is 17.9. The van der Waals surface area contributed by atoms with Gasteiger partial charge in [0.05, 0.1) is 33.8 Å². The fourth-order valence-corrected chi connectivity index (χ4v) is 3.57. The minimum absolute atomic E-state index is 0.139. The summed E-state index contributed by atoms with van der Waals surface area (Å²) in [4.78, 5) is 40.2. The average Bonchev–Trinajstić information content (AvgIpc) is 2.87. The number of benzene rings is 3. The Bertz CT molecular complexity index is 1400. The predicted octanol–water partition coefficient (Wildman–Crippen LogP) is 5.51. The number of hydrogen-bond acceptors (Lipinski definition) is 7. The number of nitro benzene ring substituents is 1. The molecule has 0 N–H and O–H groups in total. The molecule has 0 aliphatic carbocycles. The zero-order valence-corrected chi connectivity index (χ0v) is 18.6. The largest absolute Gasteiger partial charge is 0.497 e. The molecule has 170 valence electrons. The maximum absolute atomic E-state index is 13.0. The molecule has 9 heteroatoms. The van der Waals surface area contributed by atoms with Gasteiger partial charge in [0.25, 0.3) is 5.69 Å². The van der Waals surface area contributed by atoms with Crippen LogP contribution in [0.2, 0.25) is 5.02 Å². The second-order valence-corrected chi connectivity index (χ2v) is 7.63. The Hall–Kier alpha value is -4.30. The maximum Gasteiger partial charge on any atom is 0.339 e. The molecular weight excluding hydrogens is 460 g/mol. The van der Waals surface area contributed by atoms with Gasteiger partial charge in [0.1, 0.15) is 5.75 Å². The number of methoxy groups -OCH3 is 1. The van der Waals surface area contributed by atoms with Crippen molar-refractivity contribution < 1.29 is 24.0 Å². The molecule has 0 radical (unpaired) electrons. The predicted molar refractivity (Wildman–Crippen MR) is 126 cm³/mol. The number of nitrogens with zero attached hydrogens (tertiary/aromatic N) is 2. The number of hydrogen-bond donors (Lipinski definition) is 0. The highest BCUT2D eigenvalue weighted by Gasteiger charge is 2.19.